The van der Waals surface area contributed by atoms with E-state index >= 15 is 4.39 Å². The summed E-state index contributed by atoms with van der Waals surface area (Å²) in [6.45, 7) is 2.56. The molecule has 0 radical (unpaired) electrons. The second-order valence-electron chi connectivity index (χ2n) is 13.2. The van der Waals surface area contributed by atoms with Gasteiger partial charge in [0.15, 0.2) is 5.82 Å². The molecule has 2 aromatic heterocycles. The largest absolute Gasteiger partial charge is 0.508 e. The van der Waals surface area contributed by atoms with Gasteiger partial charge in [0.05, 0.1) is 11.6 Å². The first-order valence-electron chi connectivity index (χ1n) is 15.5. The number of aromatic nitrogens is 3. The highest BCUT2D eigenvalue weighted by atomic mass is 35.5. The molecule has 226 valence electrons. The molecule has 5 fully saturated rings. The number of pyridine rings is 1. The molecule has 3 aromatic rings. The summed E-state index contributed by atoms with van der Waals surface area (Å²) >= 11 is 6.60. The number of nitrogens with one attached hydrogen (secondary N) is 1. The van der Waals surface area contributed by atoms with Crippen LogP contribution >= 0.6 is 11.6 Å². The zero-order valence-electron chi connectivity index (χ0n) is 23.7. The van der Waals surface area contributed by atoms with Crippen LogP contribution in [-0.2, 0) is 0 Å². The molecule has 9 rings (SSSR count). The molecule has 1 saturated carbocycles. The van der Waals surface area contributed by atoms with Crippen molar-refractivity contribution >= 4 is 28.3 Å². The second kappa shape index (κ2) is 9.49. The number of anilines is 1. The molecule has 6 aliphatic rings. The minimum Gasteiger partial charge on any atom is -0.508 e. The van der Waals surface area contributed by atoms with Gasteiger partial charge < -0.3 is 24.8 Å². The Bertz CT molecular complexity index is 1660. The summed E-state index contributed by atoms with van der Waals surface area (Å²) in [5.41, 5.74) is 0.920. The topological polar surface area (TPSA) is 95.9 Å². The number of piperazine rings is 1. The maximum atomic E-state index is 16.8. The maximum Gasteiger partial charge on any atom is 0.319 e. The molecule has 0 amide bonds. The normalized spacial score (nSPS) is 31.2. The highest BCUT2D eigenvalue weighted by Gasteiger charge is 2.50. The first-order chi connectivity index (χ1) is 20.9. The molecule has 5 aliphatic heterocycles. The number of ether oxygens (including phenoxy) is 2. The number of phenolic OH excluding ortho intramolecular Hbond substituents is 1. The third kappa shape index (κ3) is 4.10. The Balaban J connectivity index is 1.21. The molecule has 1 aromatic carbocycles. The van der Waals surface area contributed by atoms with E-state index in [9.17, 15) is 9.50 Å². The van der Waals surface area contributed by atoms with Gasteiger partial charge in [-0.3, -0.25) is 4.90 Å². The Labute approximate surface area is 252 Å². The van der Waals surface area contributed by atoms with Crippen LogP contribution in [-0.4, -0.2) is 87.6 Å². The molecule has 0 unspecified atom stereocenters. The van der Waals surface area contributed by atoms with Crippen LogP contribution in [0.25, 0.3) is 22.2 Å². The average molecular weight is 611 g/mol. The van der Waals surface area contributed by atoms with Crippen LogP contribution in [0.2, 0.25) is 5.02 Å². The molecule has 9 nitrogen and oxygen atoms in total. The van der Waals surface area contributed by atoms with E-state index in [1.165, 1.54) is 12.1 Å². The standard InChI is InChI=1S/C31H33ClF2N6O3/c32-20-9-18(41)8-19(23(20)15-2-3-15)26-25(34)27-24-28(40-12-17-4-5-21(35-17)22(40)13-42-29(24)36-26)38-30(37-27)43-14-31-6-1-7-39(31)11-16(33)10-31/h8-9,15-17,21-22,35,41H,1-7,10-14H2/t16-,17+,21-,22-,31+/m0/s1. The molecule has 12 heteroatoms. The Morgan fingerprint density at radius 3 is 2.91 bits per heavy atom. The van der Waals surface area contributed by atoms with Crippen molar-refractivity contribution in [2.45, 2.75) is 80.7 Å². The lowest BCUT2D eigenvalue weighted by Gasteiger charge is -2.40. The van der Waals surface area contributed by atoms with Crippen molar-refractivity contribution in [3.8, 4) is 28.9 Å². The molecule has 2 bridgehead atoms. The number of hydrogen-bond acceptors (Lipinski definition) is 9. The SMILES string of the molecule is Oc1cc(Cl)c(C2CC2)c(-c2nc3c4c(nc(OC[C@]56CCCN5C[C@@H](F)C6)nc4c2F)N2C[C@H]4CC[C@H](N4)[C@@H]2CO3)c1. The Kier molecular flexibility index (Phi) is 5.82. The van der Waals surface area contributed by atoms with E-state index in [0.717, 1.165) is 50.6 Å². The third-order valence-corrected chi connectivity index (χ3v) is 10.8. The molecule has 1 aliphatic carbocycles. The summed E-state index contributed by atoms with van der Waals surface area (Å²) in [4.78, 5) is 18.7. The van der Waals surface area contributed by atoms with Crippen molar-refractivity contribution < 1.29 is 23.4 Å². The number of phenols is 1. The highest BCUT2D eigenvalue weighted by molar-refractivity contribution is 6.32. The lowest BCUT2D eigenvalue weighted by molar-refractivity contribution is 0.107. The lowest BCUT2D eigenvalue weighted by Crippen LogP contribution is -2.60. The molecule has 7 heterocycles. The van der Waals surface area contributed by atoms with Gasteiger partial charge in [-0.1, -0.05) is 11.6 Å². The van der Waals surface area contributed by atoms with Crippen LogP contribution in [0.4, 0.5) is 14.6 Å². The molecule has 4 saturated heterocycles. The summed E-state index contributed by atoms with van der Waals surface area (Å²) in [6, 6.07) is 3.57. The fraction of sp³-hybridized carbons (Fsp3) is 0.581. The summed E-state index contributed by atoms with van der Waals surface area (Å²) in [7, 11) is 0. The van der Waals surface area contributed by atoms with E-state index in [1.807, 2.05) is 0 Å². The number of aromatic hydroxyl groups is 1. The van der Waals surface area contributed by atoms with Crippen LogP contribution in [0.3, 0.4) is 0 Å². The van der Waals surface area contributed by atoms with Crippen LogP contribution < -0.4 is 19.7 Å². The van der Waals surface area contributed by atoms with Gasteiger partial charge in [-0.15, -0.1) is 0 Å². The van der Waals surface area contributed by atoms with E-state index in [2.05, 4.69) is 20.1 Å². The summed E-state index contributed by atoms with van der Waals surface area (Å²) in [5.74, 6) is 0.292. The van der Waals surface area contributed by atoms with Gasteiger partial charge in [-0.05, 0) is 68.7 Å². The number of alkyl halides is 1. The molecule has 5 atom stereocenters. The average Bonchev–Trinajstić information content (AvgIpc) is 3.56. The van der Waals surface area contributed by atoms with E-state index in [1.54, 1.807) is 0 Å². The molecule has 0 spiro atoms. The number of halogens is 3. The van der Waals surface area contributed by atoms with Gasteiger partial charge in [0.25, 0.3) is 0 Å². The van der Waals surface area contributed by atoms with Crippen molar-refractivity contribution in [1.29, 1.82) is 0 Å². The zero-order chi connectivity index (χ0) is 29.0. The summed E-state index contributed by atoms with van der Waals surface area (Å²) < 4.78 is 44.0. The number of rotatable bonds is 5. The maximum absolute atomic E-state index is 16.8. The van der Waals surface area contributed by atoms with Crippen molar-refractivity contribution in [3.05, 3.63) is 28.5 Å². The van der Waals surface area contributed by atoms with Gasteiger partial charge in [-0.2, -0.15) is 9.97 Å². The zero-order valence-corrected chi connectivity index (χ0v) is 24.4. The monoisotopic (exact) mass is 610 g/mol. The smallest absolute Gasteiger partial charge is 0.319 e. The Hall–Kier alpha value is -3.02. The number of hydrogen-bond donors (Lipinski definition) is 2. The number of nitrogens with zero attached hydrogens (tertiary/aromatic N) is 5. The predicted molar refractivity (Wildman–Crippen MR) is 156 cm³/mol. The second-order valence-corrected chi connectivity index (χ2v) is 13.6. The lowest BCUT2D eigenvalue weighted by atomic mass is 9.95. The van der Waals surface area contributed by atoms with Gasteiger partial charge in [0, 0.05) is 42.2 Å². The molecular formula is C31H33ClF2N6O3. The number of benzene rings is 1. The molecule has 2 N–H and O–H groups in total. The van der Waals surface area contributed by atoms with E-state index < -0.39 is 17.5 Å². The Morgan fingerprint density at radius 2 is 2.05 bits per heavy atom. The van der Waals surface area contributed by atoms with Crippen LogP contribution in [0.15, 0.2) is 12.1 Å². The van der Waals surface area contributed by atoms with Gasteiger partial charge in [-0.25, -0.2) is 13.8 Å². The minimum absolute atomic E-state index is 0.0197. The van der Waals surface area contributed by atoms with Gasteiger partial charge in [0.1, 0.15) is 47.5 Å². The fourth-order valence-electron chi connectivity index (χ4n) is 8.39. The predicted octanol–water partition coefficient (Wildman–Crippen LogP) is 4.72. The van der Waals surface area contributed by atoms with Crippen molar-refractivity contribution in [3.63, 3.8) is 0 Å². The fourth-order valence-corrected chi connectivity index (χ4v) is 8.76. The first-order valence-corrected chi connectivity index (χ1v) is 15.9. The van der Waals surface area contributed by atoms with E-state index in [0.29, 0.717) is 53.9 Å². The summed E-state index contributed by atoms with van der Waals surface area (Å²) in [6.07, 6.45) is 5.31. The third-order valence-electron chi connectivity index (χ3n) is 10.5. The van der Waals surface area contributed by atoms with Crippen molar-refractivity contribution in [2.24, 2.45) is 0 Å². The molecule has 43 heavy (non-hydrogen) atoms. The van der Waals surface area contributed by atoms with Gasteiger partial charge >= 0.3 is 6.01 Å². The van der Waals surface area contributed by atoms with Crippen LogP contribution in [0.5, 0.6) is 17.6 Å². The van der Waals surface area contributed by atoms with Crippen LogP contribution in [0, 0.1) is 5.82 Å². The Morgan fingerprint density at radius 1 is 1.16 bits per heavy atom. The highest BCUT2D eigenvalue weighted by Crippen LogP contribution is 2.50. The summed E-state index contributed by atoms with van der Waals surface area (Å²) in [5, 5.41) is 15.0. The van der Waals surface area contributed by atoms with Crippen molar-refractivity contribution in [1.82, 2.24) is 25.2 Å². The molecular weight excluding hydrogens is 578 g/mol. The quantitative estimate of drug-likeness (QED) is 0.425. The van der Waals surface area contributed by atoms with Crippen molar-refractivity contribution in [2.75, 3.05) is 37.7 Å². The first kappa shape index (κ1) is 26.4. The van der Waals surface area contributed by atoms with Gasteiger partial charge in [0.2, 0.25) is 5.88 Å². The minimum atomic E-state index is -0.885. The van der Waals surface area contributed by atoms with E-state index in [-0.39, 0.29) is 53.5 Å². The van der Waals surface area contributed by atoms with E-state index in [4.69, 9.17) is 31.0 Å². The number of fused-ring (bicyclic) bond motifs is 6. The van der Waals surface area contributed by atoms with Crippen LogP contribution in [0.1, 0.15) is 56.4 Å².